The second kappa shape index (κ2) is 5.95. The van der Waals surface area contributed by atoms with Crippen molar-refractivity contribution in [3.63, 3.8) is 0 Å². The van der Waals surface area contributed by atoms with E-state index < -0.39 is 18.8 Å². The highest BCUT2D eigenvalue weighted by molar-refractivity contribution is 6.00. The van der Waals surface area contributed by atoms with Crippen LogP contribution < -0.4 is 0 Å². The fourth-order valence-corrected chi connectivity index (χ4v) is 2.47. The number of halogens is 3. The first-order valence-corrected chi connectivity index (χ1v) is 6.84. The predicted molar refractivity (Wildman–Crippen MR) is 70.6 cm³/mol. The van der Waals surface area contributed by atoms with Gasteiger partial charge in [-0.05, 0) is 19.3 Å². The summed E-state index contributed by atoms with van der Waals surface area (Å²) < 4.78 is 38.1. The van der Waals surface area contributed by atoms with Crippen LogP contribution in [0, 0.1) is 0 Å². The van der Waals surface area contributed by atoms with Gasteiger partial charge in [0.2, 0.25) is 0 Å². The van der Waals surface area contributed by atoms with Gasteiger partial charge in [-0.3, -0.25) is 9.69 Å². The Morgan fingerprint density at radius 3 is 2.35 bits per heavy atom. The fraction of sp³-hybridized carbons (Fsp3) is 0.533. The molecule has 5 heteroatoms. The Balaban J connectivity index is 2.18. The van der Waals surface area contributed by atoms with Crippen LogP contribution >= 0.6 is 0 Å². The number of nitrogens with zero attached hydrogens (tertiary/aromatic N) is 1. The molecule has 110 valence electrons. The topological polar surface area (TPSA) is 20.3 Å². The lowest BCUT2D eigenvalue weighted by Gasteiger charge is -2.30. The molecule has 20 heavy (non-hydrogen) atoms. The van der Waals surface area contributed by atoms with Gasteiger partial charge in [0.05, 0.1) is 12.6 Å². The highest BCUT2D eigenvalue weighted by Gasteiger charge is 2.42. The van der Waals surface area contributed by atoms with E-state index in [1.807, 2.05) is 0 Å². The lowest BCUT2D eigenvalue weighted by atomic mass is 10.0. The van der Waals surface area contributed by atoms with Gasteiger partial charge < -0.3 is 0 Å². The standard InChI is InChI=1S/C15H18F3NO/c1-2-13(14(20)11-6-4-3-5-7-11)19(12-8-9-12)10-15(16,17)18/h3-7,12-13H,2,8-10H2,1H3. The molecule has 1 aromatic carbocycles. The van der Waals surface area contributed by atoms with E-state index in [4.69, 9.17) is 0 Å². The number of benzene rings is 1. The molecular formula is C15H18F3NO. The number of hydrogen-bond acceptors (Lipinski definition) is 2. The molecule has 2 rings (SSSR count). The summed E-state index contributed by atoms with van der Waals surface area (Å²) in [5.74, 6) is -0.218. The maximum Gasteiger partial charge on any atom is 0.401 e. The Morgan fingerprint density at radius 1 is 1.30 bits per heavy atom. The molecule has 0 heterocycles. The zero-order valence-corrected chi connectivity index (χ0v) is 11.4. The summed E-state index contributed by atoms with van der Waals surface area (Å²) in [6.07, 6.45) is -2.39. The Bertz CT molecular complexity index is 454. The Kier molecular flexibility index (Phi) is 4.48. The normalized spacial score (nSPS) is 17.2. The van der Waals surface area contributed by atoms with Crippen LogP contribution in [0.1, 0.15) is 36.5 Å². The monoisotopic (exact) mass is 285 g/mol. The molecule has 0 N–H and O–H groups in total. The molecule has 0 spiro atoms. The molecule has 1 aliphatic rings. The number of Topliss-reactive ketones (excluding diaryl/α,β-unsaturated/α-hetero) is 1. The quantitative estimate of drug-likeness (QED) is 0.743. The van der Waals surface area contributed by atoms with Crippen LogP contribution in [0.2, 0.25) is 0 Å². The second-order valence-corrected chi connectivity index (χ2v) is 5.17. The SMILES string of the molecule is CCC(C(=O)c1ccccc1)N(CC(F)(F)F)C1CC1. The number of hydrogen-bond donors (Lipinski definition) is 0. The van der Waals surface area contributed by atoms with E-state index in [-0.39, 0.29) is 11.8 Å². The van der Waals surface area contributed by atoms with Crippen LogP contribution in [0.25, 0.3) is 0 Å². The Morgan fingerprint density at radius 2 is 1.90 bits per heavy atom. The van der Waals surface area contributed by atoms with Gasteiger partial charge in [0.1, 0.15) is 0 Å². The van der Waals surface area contributed by atoms with Crippen molar-refractivity contribution in [1.82, 2.24) is 4.90 Å². The van der Waals surface area contributed by atoms with Crippen LogP contribution in [0.3, 0.4) is 0 Å². The zero-order valence-electron chi connectivity index (χ0n) is 11.4. The van der Waals surface area contributed by atoms with E-state index in [9.17, 15) is 18.0 Å². The minimum absolute atomic E-state index is 0.103. The van der Waals surface area contributed by atoms with E-state index in [0.717, 1.165) is 12.8 Å². The van der Waals surface area contributed by atoms with E-state index in [1.54, 1.807) is 37.3 Å². The van der Waals surface area contributed by atoms with Gasteiger partial charge in [0.25, 0.3) is 0 Å². The number of alkyl halides is 3. The van der Waals surface area contributed by atoms with Gasteiger partial charge >= 0.3 is 6.18 Å². The number of carbonyl (C=O) groups is 1. The molecule has 1 fully saturated rings. The van der Waals surface area contributed by atoms with E-state index in [1.165, 1.54) is 4.90 Å². The molecule has 0 amide bonds. The fourth-order valence-electron chi connectivity index (χ4n) is 2.47. The molecule has 1 unspecified atom stereocenters. The third kappa shape index (κ3) is 3.82. The predicted octanol–water partition coefficient (Wildman–Crippen LogP) is 3.67. The van der Waals surface area contributed by atoms with Gasteiger partial charge in [-0.2, -0.15) is 13.2 Å². The van der Waals surface area contributed by atoms with Crippen molar-refractivity contribution in [3.05, 3.63) is 35.9 Å². The van der Waals surface area contributed by atoms with Crippen LogP contribution in [0.15, 0.2) is 30.3 Å². The Labute approximate surface area is 116 Å². The summed E-state index contributed by atoms with van der Waals surface area (Å²) in [6, 6.07) is 7.76. The molecule has 0 aliphatic heterocycles. The first-order chi connectivity index (χ1) is 9.42. The van der Waals surface area contributed by atoms with Crippen molar-refractivity contribution in [3.8, 4) is 0 Å². The summed E-state index contributed by atoms with van der Waals surface area (Å²) in [6.45, 7) is 0.756. The average molecular weight is 285 g/mol. The molecule has 2 nitrogen and oxygen atoms in total. The van der Waals surface area contributed by atoms with Gasteiger partial charge in [-0.1, -0.05) is 37.3 Å². The summed E-state index contributed by atoms with van der Waals surface area (Å²) in [5, 5.41) is 0. The maximum absolute atomic E-state index is 12.7. The zero-order chi connectivity index (χ0) is 14.8. The smallest absolute Gasteiger partial charge is 0.292 e. The van der Waals surface area contributed by atoms with Crippen molar-refractivity contribution >= 4 is 5.78 Å². The summed E-state index contributed by atoms with van der Waals surface area (Å²) in [5.41, 5.74) is 0.479. The second-order valence-electron chi connectivity index (χ2n) is 5.17. The van der Waals surface area contributed by atoms with Crippen molar-refractivity contribution in [2.24, 2.45) is 0 Å². The summed E-state index contributed by atoms with van der Waals surface area (Å²) in [7, 11) is 0. The molecule has 1 atom stereocenters. The molecule has 1 aliphatic carbocycles. The molecular weight excluding hydrogens is 267 g/mol. The minimum atomic E-state index is -4.27. The van der Waals surface area contributed by atoms with Crippen LogP contribution in [0.5, 0.6) is 0 Å². The van der Waals surface area contributed by atoms with Crippen molar-refractivity contribution in [2.45, 2.75) is 44.4 Å². The highest BCUT2D eigenvalue weighted by Crippen LogP contribution is 2.33. The maximum atomic E-state index is 12.7. The largest absolute Gasteiger partial charge is 0.401 e. The van der Waals surface area contributed by atoms with E-state index in [0.29, 0.717) is 12.0 Å². The van der Waals surface area contributed by atoms with Crippen molar-refractivity contribution in [1.29, 1.82) is 0 Å². The summed E-state index contributed by atoms with van der Waals surface area (Å²) in [4.78, 5) is 13.8. The van der Waals surface area contributed by atoms with Crippen molar-refractivity contribution in [2.75, 3.05) is 6.54 Å². The lowest BCUT2D eigenvalue weighted by molar-refractivity contribution is -0.150. The molecule has 0 saturated heterocycles. The third-order valence-electron chi connectivity index (χ3n) is 3.53. The Hall–Kier alpha value is -1.36. The average Bonchev–Trinajstić information content (AvgIpc) is 3.22. The number of carbonyl (C=O) groups excluding carboxylic acids is 1. The highest BCUT2D eigenvalue weighted by atomic mass is 19.4. The van der Waals surface area contributed by atoms with Gasteiger partial charge in [-0.15, -0.1) is 0 Å². The van der Waals surface area contributed by atoms with Crippen LogP contribution in [0.4, 0.5) is 13.2 Å². The minimum Gasteiger partial charge on any atom is -0.292 e. The number of ketones is 1. The molecule has 0 radical (unpaired) electrons. The van der Waals surface area contributed by atoms with E-state index >= 15 is 0 Å². The van der Waals surface area contributed by atoms with Gasteiger partial charge in [0.15, 0.2) is 5.78 Å². The summed E-state index contributed by atoms with van der Waals surface area (Å²) >= 11 is 0. The number of rotatable bonds is 6. The lowest BCUT2D eigenvalue weighted by Crippen LogP contribution is -2.47. The molecule has 1 saturated carbocycles. The van der Waals surface area contributed by atoms with E-state index in [2.05, 4.69) is 0 Å². The molecule has 0 aromatic heterocycles. The first-order valence-electron chi connectivity index (χ1n) is 6.84. The third-order valence-corrected chi connectivity index (χ3v) is 3.53. The molecule has 1 aromatic rings. The molecule has 0 bridgehead atoms. The van der Waals surface area contributed by atoms with Gasteiger partial charge in [0, 0.05) is 11.6 Å². The first kappa shape index (κ1) is 15.0. The van der Waals surface area contributed by atoms with Gasteiger partial charge in [-0.25, -0.2) is 0 Å². The van der Waals surface area contributed by atoms with Crippen molar-refractivity contribution < 1.29 is 18.0 Å². The van der Waals surface area contributed by atoms with Crippen LogP contribution in [-0.4, -0.2) is 35.5 Å². The van der Waals surface area contributed by atoms with Crippen LogP contribution in [-0.2, 0) is 0 Å².